The van der Waals surface area contributed by atoms with Crippen molar-refractivity contribution in [3.63, 3.8) is 0 Å². The topological polar surface area (TPSA) is 53.6 Å². The molecule has 1 aliphatic heterocycles. The van der Waals surface area contributed by atoms with Gasteiger partial charge in [0.15, 0.2) is 0 Å². The number of carbonyl (C=O) groups is 1. The van der Waals surface area contributed by atoms with E-state index in [2.05, 4.69) is 10.6 Å². The van der Waals surface area contributed by atoms with Gasteiger partial charge in [0.2, 0.25) is 0 Å². The third kappa shape index (κ3) is 5.10. The van der Waals surface area contributed by atoms with Crippen molar-refractivity contribution in [3.8, 4) is 0 Å². The zero-order chi connectivity index (χ0) is 16.7. The summed E-state index contributed by atoms with van der Waals surface area (Å²) in [7, 11) is 1.63. The summed E-state index contributed by atoms with van der Waals surface area (Å²) < 4.78 is 18.8. The van der Waals surface area contributed by atoms with Gasteiger partial charge in [0.05, 0.1) is 18.3 Å². The highest BCUT2D eigenvalue weighted by atomic mass is 19.1. The number of hydrogen-bond donors (Lipinski definition) is 2. The van der Waals surface area contributed by atoms with Crippen molar-refractivity contribution in [2.24, 2.45) is 0 Å². The van der Waals surface area contributed by atoms with Crippen LogP contribution in [0.15, 0.2) is 24.3 Å². The van der Waals surface area contributed by atoms with Crippen molar-refractivity contribution in [2.45, 2.75) is 38.3 Å². The minimum Gasteiger partial charge on any atom is -0.383 e. The van der Waals surface area contributed by atoms with Crippen LogP contribution in [0.1, 0.15) is 26.2 Å². The van der Waals surface area contributed by atoms with E-state index in [0.29, 0.717) is 25.4 Å². The van der Waals surface area contributed by atoms with Crippen LogP contribution in [0, 0.1) is 5.82 Å². The first-order valence-corrected chi connectivity index (χ1v) is 8.19. The highest BCUT2D eigenvalue weighted by Crippen LogP contribution is 2.19. The monoisotopic (exact) mass is 323 g/mol. The predicted octanol–water partition coefficient (Wildman–Crippen LogP) is 2.84. The van der Waals surface area contributed by atoms with Gasteiger partial charge in [0.25, 0.3) is 0 Å². The van der Waals surface area contributed by atoms with Gasteiger partial charge in [0, 0.05) is 26.2 Å². The summed E-state index contributed by atoms with van der Waals surface area (Å²) in [6.45, 7) is 3.88. The maximum atomic E-state index is 13.7. The fourth-order valence-corrected chi connectivity index (χ4v) is 2.75. The summed E-state index contributed by atoms with van der Waals surface area (Å²) in [5, 5.41) is 6.22. The van der Waals surface area contributed by atoms with E-state index in [-0.39, 0.29) is 23.9 Å². The number of amides is 2. The normalized spacial score (nSPS) is 16.9. The lowest BCUT2D eigenvalue weighted by Crippen LogP contribution is -2.50. The number of nitrogens with zero attached hydrogens (tertiary/aromatic N) is 1. The van der Waals surface area contributed by atoms with E-state index >= 15 is 0 Å². The molecule has 1 heterocycles. The first kappa shape index (κ1) is 17.5. The molecule has 1 unspecified atom stereocenters. The molecule has 1 aromatic carbocycles. The SMILES string of the molecule is CCC(COC)NC(=O)N1CCC(Nc2ccccc2F)CC1. The number of benzene rings is 1. The zero-order valence-electron chi connectivity index (χ0n) is 13.8. The number of methoxy groups -OCH3 is 1. The van der Waals surface area contributed by atoms with Crippen LogP contribution in [0.5, 0.6) is 0 Å². The van der Waals surface area contributed by atoms with Gasteiger partial charge in [0.1, 0.15) is 5.82 Å². The Labute approximate surface area is 137 Å². The van der Waals surface area contributed by atoms with Gasteiger partial charge in [-0.25, -0.2) is 9.18 Å². The summed E-state index contributed by atoms with van der Waals surface area (Å²) in [5.41, 5.74) is 0.529. The molecule has 0 saturated carbocycles. The summed E-state index contributed by atoms with van der Waals surface area (Å²) >= 11 is 0. The molecule has 5 nitrogen and oxygen atoms in total. The number of likely N-dealkylation sites (tertiary alicyclic amines) is 1. The number of para-hydroxylation sites is 1. The molecule has 2 N–H and O–H groups in total. The number of nitrogens with one attached hydrogen (secondary N) is 2. The highest BCUT2D eigenvalue weighted by Gasteiger charge is 2.24. The smallest absolute Gasteiger partial charge is 0.317 e. The van der Waals surface area contributed by atoms with Crippen LogP contribution in [0.3, 0.4) is 0 Å². The Balaban J connectivity index is 1.79. The fraction of sp³-hybridized carbons (Fsp3) is 0.588. The van der Waals surface area contributed by atoms with Crippen LogP contribution < -0.4 is 10.6 Å². The Morgan fingerprint density at radius 1 is 1.39 bits per heavy atom. The first-order chi connectivity index (χ1) is 11.1. The highest BCUT2D eigenvalue weighted by molar-refractivity contribution is 5.74. The summed E-state index contributed by atoms with van der Waals surface area (Å²) in [5.74, 6) is -0.238. The van der Waals surface area contributed by atoms with Gasteiger partial charge >= 0.3 is 6.03 Å². The van der Waals surface area contributed by atoms with Crippen molar-refractivity contribution < 1.29 is 13.9 Å². The third-order valence-corrected chi connectivity index (χ3v) is 4.20. The molecule has 0 bridgehead atoms. The van der Waals surface area contributed by atoms with Crippen molar-refractivity contribution >= 4 is 11.7 Å². The molecule has 0 spiro atoms. The Morgan fingerprint density at radius 2 is 2.09 bits per heavy atom. The molecule has 2 rings (SSSR count). The summed E-state index contributed by atoms with van der Waals surface area (Å²) in [6.07, 6.45) is 2.45. The molecule has 1 atom stereocenters. The molecule has 1 aliphatic rings. The number of halogens is 1. The van der Waals surface area contributed by atoms with Crippen LogP contribution >= 0.6 is 0 Å². The number of piperidine rings is 1. The molecule has 128 valence electrons. The van der Waals surface area contributed by atoms with E-state index in [9.17, 15) is 9.18 Å². The molecule has 0 aromatic heterocycles. The fourth-order valence-electron chi connectivity index (χ4n) is 2.75. The van der Waals surface area contributed by atoms with Gasteiger partial charge in [-0.15, -0.1) is 0 Å². The maximum absolute atomic E-state index is 13.7. The maximum Gasteiger partial charge on any atom is 0.317 e. The van der Waals surface area contributed by atoms with Crippen LogP contribution in [0.2, 0.25) is 0 Å². The average molecular weight is 323 g/mol. The van der Waals surface area contributed by atoms with E-state index in [0.717, 1.165) is 19.3 Å². The van der Waals surface area contributed by atoms with E-state index in [4.69, 9.17) is 4.74 Å². The molecule has 1 aromatic rings. The van der Waals surface area contributed by atoms with Gasteiger partial charge in [-0.3, -0.25) is 0 Å². The van der Waals surface area contributed by atoms with Crippen LogP contribution in [-0.2, 0) is 4.74 Å². The summed E-state index contributed by atoms with van der Waals surface area (Å²) in [4.78, 5) is 14.1. The van der Waals surface area contributed by atoms with Gasteiger partial charge in [-0.05, 0) is 31.4 Å². The van der Waals surface area contributed by atoms with E-state index in [1.165, 1.54) is 6.07 Å². The van der Waals surface area contributed by atoms with Gasteiger partial charge in [-0.2, -0.15) is 0 Å². The second-order valence-corrected chi connectivity index (χ2v) is 5.90. The number of anilines is 1. The third-order valence-electron chi connectivity index (χ3n) is 4.20. The van der Waals surface area contributed by atoms with Crippen molar-refractivity contribution in [2.75, 3.05) is 32.1 Å². The van der Waals surface area contributed by atoms with Crippen LogP contribution in [0.25, 0.3) is 0 Å². The Bertz CT molecular complexity index is 504. The number of carbonyl (C=O) groups excluding carboxylic acids is 1. The second kappa shape index (κ2) is 8.72. The Kier molecular flexibility index (Phi) is 6.65. The van der Waals surface area contributed by atoms with Crippen LogP contribution in [0.4, 0.5) is 14.9 Å². The number of urea groups is 1. The molecule has 2 amide bonds. The van der Waals surface area contributed by atoms with Crippen LogP contribution in [-0.4, -0.2) is 49.8 Å². The lowest BCUT2D eigenvalue weighted by atomic mass is 10.0. The van der Waals surface area contributed by atoms with Crippen molar-refractivity contribution in [1.82, 2.24) is 10.2 Å². The number of ether oxygens (including phenoxy) is 1. The second-order valence-electron chi connectivity index (χ2n) is 5.90. The van der Waals surface area contributed by atoms with Crippen molar-refractivity contribution in [1.29, 1.82) is 0 Å². The largest absolute Gasteiger partial charge is 0.383 e. The number of rotatable bonds is 6. The summed E-state index contributed by atoms with van der Waals surface area (Å²) in [6, 6.07) is 6.88. The molecule has 0 aliphatic carbocycles. The number of hydrogen-bond acceptors (Lipinski definition) is 3. The van der Waals surface area contributed by atoms with Crippen molar-refractivity contribution in [3.05, 3.63) is 30.1 Å². The molecular formula is C17H26FN3O2. The molecule has 6 heteroatoms. The minimum absolute atomic E-state index is 0.0433. The quantitative estimate of drug-likeness (QED) is 0.846. The first-order valence-electron chi connectivity index (χ1n) is 8.19. The lowest BCUT2D eigenvalue weighted by molar-refractivity contribution is 0.148. The Hall–Kier alpha value is -1.82. The minimum atomic E-state index is -0.238. The zero-order valence-corrected chi connectivity index (χ0v) is 13.8. The average Bonchev–Trinajstić information content (AvgIpc) is 2.57. The molecule has 1 fully saturated rings. The Morgan fingerprint density at radius 3 is 2.70 bits per heavy atom. The molecule has 23 heavy (non-hydrogen) atoms. The van der Waals surface area contributed by atoms with Gasteiger partial charge < -0.3 is 20.3 Å². The lowest BCUT2D eigenvalue weighted by Gasteiger charge is -2.34. The predicted molar refractivity (Wildman–Crippen MR) is 89.1 cm³/mol. The standard InChI is InChI=1S/C17H26FN3O2/c1-3-13(12-23-2)20-17(22)21-10-8-14(9-11-21)19-16-7-5-4-6-15(16)18/h4-7,13-14,19H,3,8-12H2,1-2H3,(H,20,22). The van der Waals surface area contributed by atoms with Gasteiger partial charge in [-0.1, -0.05) is 19.1 Å². The van der Waals surface area contributed by atoms with E-state index in [1.54, 1.807) is 19.2 Å². The molecular weight excluding hydrogens is 297 g/mol. The molecule has 0 radical (unpaired) electrons. The van der Waals surface area contributed by atoms with E-state index < -0.39 is 0 Å². The molecule has 1 saturated heterocycles. The van der Waals surface area contributed by atoms with E-state index in [1.807, 2.05) is 17.9 Å².